The van der Waals surface area contributed by atoms with E-state index < -0.39 is 17.1 Å². The maximum Gasteiger partial charge on any atom is 0.335 e. The van der Waals surface area contributed by atoms with Gasteiger partial charge in [-0.05, 0) is 24.3 Å². The zero-order valence-electron chi connectivity index (χ0n) is 17.4. The van der Waals surface area contributed by atoms with E-state index in [0.29, 0.717) is 21.5 Å². The van der Waals surface area contributed by atoms with Crippen LogP contribution in [0.15, 0.2) is 61.8 Å². The Labute approximate surface area is 196 Å². The molecule has 2 heterocycles. The highest BCUT2D eigenvalue weighted by molar-refractivity contribution is 7.22. The van der Waals surface area contributed by atoms with Crippen molar-refractivity contribution in [3.8, 4) is 16.5 Å². The maximum absolute atomic E-state index is 13.5. The molecule has 0 aliphatic heterocycles. The number of nitrogens with zero attached hydrogens (tertiary/aromatic N) is 5. The van der Waals surface area contributed by atoms with Gasteiger partial charge < -0.3 is 5.73 Å². The zero-order valence-corrected chi connectivity index (χ0v) is 19.0. The second-order valence-corrected chi connectivity index (χ2v) is 8.06. The number of benzene rings is 1. The smallest absolute Gasteiger partial charge is 0.335 e. The average Bonchev–Trinajstić information content (AvgIpc) is 3.22. The van der Waals surface area contributed by atoms with Crippen molar-refractivity contribution in [1.29, 1.82) is 5.26 Å². The molecule has 0 radical (unpaired) electrons. The summed E-state index contributed by atoms with van der Waals surface area (Å²) in [5.74, 6) is -0.485. The standard InChI is InChI=1S/C22H18ClFN6O2S/c1-27-12-14(11-26)13-28-6-8-30-21(31)20-18(29(22(30)32)7-2-5-25)10-19(33-20)16-4-3-15(24)9-17(16)23/h3-4,6,8-13H,2,7,26H2,1H3/b8-6+,14-11+,27-12?,28-13+. The Morgan fingerprint density at radius 2 is 2.12 bits per heavy atom. The molecule has 168 valence electrons. The van der Waals surface area contributed by atoms with Crippen molar-refractivity contribution < 1.29 is 4.39 Å². The van der Waals surface area contributed by atoms with E-state index in [1.54, 1.807) is 13.1 Å². The molecule has 11 heteroatoms. The van der Waals surface area contributed by atoms with Gasteiger partial charge in [0, 0.05) is 60.6 Å². The summed E-state index contributed by atoms with van der Waals surface area (Å²) in [5, 5.41) is 9.19. The highest BCUT2D eigenvalue weighted by Gasteiger charge is 2.17. The largest absolute Gasteiger partial charge is 0.404 e. The fraction of sp³-hybridized carbons (Fsp3) is 0.136. The summed E-state index contributed by atoms with van der Waals surface area (Å²) in [5.41, 5.74) is 5.75. The van der Waals surface area contributed by atoms with Gasteiger partial charge >= 0.3 is 5.69 Å². The lowest BCUT2D eigenvalue weighted by Crippen LogP contribution is -2.36. The Balaban J connectivity index is 2.16. The number of rotatable bonds is 7. The lowest BCUT2D eigenvalue weighted by Gasteiger charge is -2.07. The van der Waals surface area contributed by atoms with E-state index in [9.17, 15) is 14.0 Å². The number of aryl methyl sites for hydroxylation is 1. The Morgan fingerprint density at radius 3 is 2.79 bits per heavy atom. The van der Waals surface area contributed by atoms with Gasteiger partial charge in [-0.2, -0.15) is 5.26 Å². The van der Waals surface area contributed by atoms with E-state index in [1.165, 1.54) is 53.8 Å². The van der Waals surface area contributed by atoms with Crippen LogP contribution in [0.4, 0.5) is 4.39 Å². The summed E-state index contributed by atoms with van der Waals surface area (Å²) >= 11 is 7.31. The Kier molecular flexibility index (Phi) is 7.71. The number of hydrogen-bond acceptors (Lipinski definition) is 7. The predicted molar refractivity (Wildman–Crippen MR) is 131 cm³/mol. The molecule has 0 aliphatic rings. The van der Waals surface area contributed by atoms with Gasteiger partial charge in [0.05, 0.1) is 23.0 Å². The molecule has 1 aromatic carbocycles. The SMILES string of the molecule is CN=CC(/C=N/C=C/n1c(=O)c2sc(-c3ccc(F)cc3Cl)cc2n(CCC#N)c1=O)=C\N. The first-order chi connectivity index (χ1) is 15.9. The van der Waals surface area contributed by atoms with Gasteiger partial charge in [0.25, 0.3) is 5.56 Å². The van der Waals surface area contributed by atoms with Gasteiger partial charge in [0.15, 0.2) is 0 Å². The van der Waals surface area contributed by atoms with Crippen molar-refractivity contribution in [1.82, 2.24) is 9.13 Å². The lowest BCUT2D eigenvalue weighted by atomic mass is 10.2. The van der Waals surface area contributed by atoms with E-state index in [2.05, 4.69) is 9.98 Å². The van der Waals surface area contributed by atoms with Crippen LogP contribution in [-0.4, -0.2) is 28.6 Å². The molecule has 8 nitrogen and oxygen atoms in total. The van der Waals surface area contributed by atoms with Crippen molar-refractivity contribution >= 4 is 51.8 Å². The molecular weight excluding hydrogens is 467 g/mol. The van der Waals surface area contributed by atoms with Crippen LogP contribution in [0.1, 0.15) is 6.42 Å². The normalized spacial score (nSPS) is 12.5. The molecule has 0 fully saturated rings. The summed E-state index contributed by atoms with van der Waals surface area (Å²) in [6.07, 6.45) is 6.82. The molecule has 33 heavy (non-hydrogen) atoms. The highest BCUT2D eigenvalue weighted by Crippen LogP contribution is 2.36. The minimum Gasteiger partial charge on any atom is -0.404 e. The van der Waals surface area contributed by atoms with Crippen LogP contribution in [-0.2, 0) is 6.54 Å². The number of allylic oxidation sites excluding steroid dienone is 1. The molecular formula is C22H18ClFN6O2S. The number of nitriles is 1. The molecule has 2 aromatic heterocycles. The topological polar surface area (TPSA) is 119 Å². The molecule has 0 bridgehead atoms. The van der Waals surface area contributed by atoms with Crippen LogP contribution in [0.25, 0.3) is 26.9 Å². The first kappa shape index (κ1) is 23.8. The quantitative estimate of drug-likeness (QED) is 0.515. The summed E-state index contributed by atoms with van der Waals surface area (Å²) in [6.45, 7) is 0.0869. The average molecular weight is 485 g/mol. The van der Waals surface area contributed by atoms with E-state index >= 15 is 0 Å². The molecule has 0 saturated heterocycles. The number of hydrogen-bond donors (Lipinski definition) is 1. The zero-order chi connectivity index (χ0) is 24.0. The van der Waals surface area contributed by atoms with Crippen LogP contribution in [0, 0.1) is 17.1 Å². The summed E-state index contributed by atoms with van der Waals surface area (Å²) in [6, 6.07) is 7.60. The number of halogens is 2. The third-order valence-corrected chi connectivity index (χ3v) is 5.95. The Hall–Kier alpha value is -3.81. The molecule has 2 N–H and O–H groups in total. The molecule has 3 rings (SSSR count). The van der Waals surface area contributed by atoms with Crippen LogP contribution >= 0.6 is 22.9 Å². The first-order valence-corrected chi connectivity index (χ1v) is 10.8. The Bertz CT molecular complexity index is 1470. The number of aliphatic imine (C=N–C) groups is 2. The first-order valence-electron chi connectivity index (χ1n) is 9.56. The number of thiophene rings is 1. The molecule has 0 unspecified atom stereocenters. The molecule has 0 amide bonds. The predicted octanol–water partition coefficient (Wildman–Crippen LogP) is 3.64. The fourth-order valence-corrected chi connectivity index (χ4v) is 4.46. The van der Waals surface area contributed by atoms with Gasteiger partial charge in [-0.15, -0.1) is 11.3 Å². The second kappa shape index (κ2) is 10.7. The van der Waals surface area contributed by atoms with Crippen LogP contribution in [0.3, 0.4) is 0 Å². The summed E-state index contributed by atoms with van der Waals surface area (Å²) < 4.78 is 16.0. The van der Waals surface area contributed by atoms with E-state index in [0.717, 1.165) is 15.9 Å². The number of nitrogens with two attached hydrogens (primary N) is 1. The third-order valence-electron chi connectivity index (χ3n) is 4.49. The van der Waals surface area contributed by atoms with Crippen molar-refractivity contribution in [2.45, 2.75) is 13.0 Å². The highest BCUT2D eigenvalue weighted by atomic mass is 35.5. The van der Waals surface area contributed by atoms with Crippen LogP contribution < -0.4 is 17.0 Å². The van der Waals surface area contributed by atoms with Crippen molar-refractivity contribution in [2.75, 3.05) is 7.05 Å². The minimum absolute atomic E-state index is 0.0680. The minimum atomic E-state index is -0.617. The molecule has 3 aromatic rings. The van der Waals surface area contributed by atoms with Crippen molar-refractivity contribution in [3.05, 3.63) is 73.9 Å². The Morgan fingerprint density at radius 1 is 1.33 bits per heavy atom. The van der Waals surface area contributed by atoms with Crippen molar-refractivity contribution in [2.24, 2.45) is 15.7 Å². The van der Waals surface area contributed by atoms with Crippen LogP contribution in [0.2, 0.25) is 5.02 Å². The molecule has 0 saturated carbocycles. The van der Waals surface area contributed by atoms with Crippen LogP contribution in [0.5, 0.6) is 0 Å². The molecule has 0 atom stereocenters. The summed E-state index contributed by atoms with van der Waals surface area (Å²) in [7, 11) is 1.58. The lowest BCUT2D eigenvalue weighted by molar-refractivity contribution is 0.628. The van der Waals surface area contributed by atoms with E-state index in [4.69, 9.17) is 22.6 Å². The molecule has 0 spiro atoms. The second-order valence-electron chi connectivity index (χ2n) is 6.60. The van der Waals surface area contributed by atoms with Gasteiger partial charge in [-0.1, -0.05) is 11.6 Å². The van der Waals surface area contributed by atoms with Gasteiger partial charge in [0.1, 0.15) is 10.5 Å². The fourth-order valence-electron chi connectivity index (χ4n) is 3.00. The molecule has 0 aliphatic carbocycles. The van der Waals surface area contributed by atoms with Gasteiger partial charge in [0.2, 0.25) is 0 Å². The third kappa shape index (κ3) is 5.16. The number of aromatic nitrogens is 2. The number of fused-ring (bicyclic) bond motifs is 1. The van der Waals surface area contributed by atoms with E-state index in [1.807, 2.05) is 6.07 Å². The van der Waals surface area contributed by atoms with E-state index in [-0.39, 0.29) is 22.7 Å². The van der Waals surface area contributed by atoms with Gasteiger partial charge in [-0.25, -0.2) is 13.8 Å². The van der Waals surface area contributed by atoms with Crippen molar-refractivity contribution in [3.63, 3.8) is 0 Å². The summed E-state index contributed by atoms with van der Waals surface area (Å²) in [4.78, 5) is 34.6. The monoisotopic (exact) mass is 484 g/mol. The van der Waals surface area contributed by atoms with Gasteiger partial charge in [-0.3, -0.25) is 19.3 Å². The maximum atomic E-state index is 13.5.